The van der Waals surface area contributed by atoms with Crippen LogP contribution in [-0.4, -0.2) is 21.7 Å². The van der Waals surface area contributed by atoms with Gasteiger partial charge in [-0.3, -0.25) is 9.59 Å². The average Bonchev–Trinajstić information content (AvgIpc) is 3.17. The summed E-state index contributed by atoms with van der Waals surface area (Å²) in [7, 11) is 0. The summed E-state index contributed by atoms with van der Waals surface area (Å²) in [4.78, 5) is 30.3. The number of rotatable bonds is 5. The molecule has 4 rings (SSSR count). The third kappa shape index (κ3) is 4.15. The Morgan fingerprint density at radius 2 is 1.90 bits per heavy atom. The molecule has 1 aliphatic heterocycles. The smallest absolute Gasteiger partial charge is 0.261 e. The molecule has 0 bridgehead atoms. The van der Waals surface area contributed by atoms with E-state index in [1.807, 2.05) is 12.1 Å². The highest BCUT2D eigenvalue weighted by molar-refractivity contribution is 6.05. The molecule has 3 aromatic rings. The van der Waals surface area contributed by atoms with Gasteiger partial charge < -0.3 is 15.0 Å². The van der Waals surface area contributed by atoms with Crippen LogP contribution in [0.2, 0.25) is 0 Å². The predicted molar refractivity (Wildman–Crippen MR) is 109 cm³/mol. The SMILES string of the molecule is CC(=O)N1Cc2ccc(NC(=O)c3cccnc3OCc3ccccc3F)cc2C1. The van der Waals surface area contributed by atoms with Gasteiger partial charge in [-0.15, -0.1) is 0 Å². The lowest BCUT2D eigenvalue weighted by Gasteiger charge is -2.12. The fourth-order valence-electron chi connectivity index (χ4n) is 3.33. The molecule has 2 heterocycles. The van der Waals surface area contributed by atoms with Crippen LogP contribution in [0.25, 0.3) is 0 Å². The lowest BCUT2D eigenvalue weighted by atomic mass is 10.1. The Balaban J connectivity index is 1.48. The summed E-state index contributed by atoms with van der Waals surface area (Å²) in [5, 5.41) is 2.85. The topological polar surface area (TPSA) is 71.5 Å². The van der Waals surface area contributed by atoms with E-state index in [9.17, 15) is 14.0 Å². The first-order valence-electron chi connectivity index (χ1n) is 9.51. The summed E-state index contributed by atoms with van der Waals surface area (Å²) < 4.78 is 19.4. The van der Waals surface area contributed by atoms with E-state index >= 15 is 0 Å². The van der Waals surface area contributed by atoms with E-state index in [0.29, 0.717) is 24.3 Å². The molecule has 0 aliphatic carbocycles. The summed E-state index contributed by atoms with van der Waals surface area (Å²) in [6.45, 7) is 2.61. The van der Waals surface area contributed by atoms with Gasteiger partial charge in [0.05, 0.1) is 0 Å². The Hall–Kier alpha value is -3.74. The van der Waals surface area contributed by atoms with Gasteiger partial charge in [0.1, 0.15) is 18.0 Å². The van der Waals surface area contributed by atoms with Crippen molar-refractivity contribution in [2.24, 2.45) is 0 Å². The highest BCUT2D eigenvalue weighted by Crippen LogP contribution is 2.26. The minimum absolute atomic E-state index is 0.0174. The van der Waals surface area contributed by atoms with Crippen molar-refractivity contribution in [1.29, 1.82) is 0 Å². The molecule has 30 heavy (non-hydrogen) atoms. The zero-order chi connectivity index (χ0) is 21.1. The third-order valence-corrected chi connectivity index (χ3v) is 4.97. The van der Waals surface area contributed by atoms with E-state index in [0.717, 1.165) is 11.1 Å². The Bertz CT molecular complexity index is 1120. The van der Waals surface area contributed by atoms with Crippen molar-refractivity contribution in [3.63, 3.8) is 0 Å². The number of carbonyl (C=O) groups excluding carboxylic acids is 2. The van der Waals surface area contributed by atoms with Gasteiger partial charge in [-0.1, -0.05) is 24.3 Å². The largest absolute Gasteiger partial charge is 0.472 e. The zero-order valence-electron chi connectivity index (χ0n) is 16.4. The lowest BCUT2D eigenvalue weighted by molar-refractivity contribution is -0.129. The van der Waals surface area contributed by atoms with E-state index in [4.69, 9.17) is 4.74 Å². The van der Waals surface area contributed by atoms with Crippen LogP contribution in [0.5, 0.6) is 5.88 Å². The number of nitrogens with zero attached hydrogens (tertiary/aromatic N) is 2. The minimum Gasteiger partial charge on any atom is -0.472 e. The second-order valence-corrected chi connectivity index (χ2v) is 7.05. The predicted octanol–water partition coefficient (Wildman–Crippen LogP) is 3.91. The molecule has 7 heteroatoms. The maximum atomic E-state index is 13.8. The third-order valence-electron chi connectivity index (χ3n) is 4.97. The Morgan fingerprint density at radius 3 is 2.70 bits per heavy atom. The number of anilines is 1. The molecule has 0 atom stereocenters. The molecular formula is C23H20FN3O3. The minimum atomic E-state index is -0.381. The number of ether oxygens (including phenoxy) is 1. The number of amides is 2. The van der Waals surface area contributed by atoms with E-state index in [1.54, 1.807) is 48.2 Å². The van der Waals surface area contributed by atoms with Crippen molar-refractivity contribution in [3.8, 4) is 5.88 Å². The average molecular weight is 405 g/mol. The van der Waals surface area contributed by atoms with Crippen LogP contribution in [0.15, 0.2) is 60.8 Å². The fourth-order valence-corrected chi connectivity index (χ4v) is 3.33. The molecule has 1 aromatic heterocycles. The van der Waals surface area contributed by atoms with Crippen molar-refractivity contribution in [3.05, 3.63) is 88.9 Å². The maximum Gasteiger partial charge on any atom is 0.261 e. The zero-order valence-corrected chi connectivity index (χ0v) is 16.4. The Labute approximate surface area is 173 Å². The molecule has 1 N–H and O–H groups in total. The molecule has 0 saturated heterocycles. The molecule has 0 radical (unpaired) electrons. The number of pyridine rings is 1. The van der Waals surface area contributed by atoms with Crippen molar-refractivity contribution in [1.82, 2.24) is 9.88 Å². The number of halogens is 1. The van der Waals surface area contributed by atoms with Crippen LogP contribution in [0.4, 0.5) is 10.1 Å². The summed E-state index contributed by atoms with van der Waals surface area (Å²) in [5.74, 6) is -0.615. The van der Waals surface area contributed by atoms with Crippen LogP contribution in [0.3, 0.4) is 0 Å². The monoisotopic (exact) mass is 405 g/mol. The summed E-state index contributed by atoms with van der Waals surface area (Å²) in [6, 6.07) is 15.1. The number of nitrogens with one attached hydrogen (secondary N) is 1. The molecule has 2 amide bonds. The summed E-state index contributed by atoms with van der Waals surface area (Å²) in [5.41, 5.74) is 3.32. The molecule has 0 spiro atoms. The molecule has 6 nitrogen and oxygen atoms in total. The number of hydrogen-bond donors (Lipinski definition) is 1. The van der Waals surface area contributed by atoms with Gasteiger partial charge in [-0.2, -0.15) is 0 Å². The van der Waals surface area contributed by atoms with E-state index < -0.39 is 0 Å². The Kier molecular flexibility index (Phi) is 5.43. The van der Waals surface area contributed by atoms with E-state index in [-0.39, 0.29) is 35.7 Å². The molecule has 152 valence electrons. The van der Waals surface area contributed by atoms with Gasteiger partial charge in [0, 0.05) is 37.5 Å². The number of hydrogen-bond acceptors (Lipinski definition) is 4. The quantitative estimate of drug-likeness (QED) is 0.699. The molecule has 0 fully saturated rings. The van der Waals surface area contributed by atoms with Crippen molar-refractivity contribution >= 4 is 17.5 Å². The lowest BCUT2D eigenvalue weighted by Crippen LogP contribution is -2.21. The summed E-state index contributed by atoms with van der Waals surface area (Å²) >= 11 is 0. The van der Waals surface area contributed by atoms with E-state index in [1.165, 1.54) is 12.3 Å². The van der Waals surface area contributed by atoms with Crippen LogP contribution in [-0.2, 0) is 24.5 Å². The van der Waals surface area contributed by atoms with Gasteiger partial charge in [-0.25, -0.2) is 9.37 Å². The molecule has 0 unspecified atom stereocenters. The Morgan fingerprint density at radius 1 is 1.10 bits per heavy atom. The summed E-state index contributed by atoms with van der Waals surface area (Å²) in [6.07, 6.45) is 1.51. The van der Waals surface area contributed by atoms with E-state index in [2.05, 4.69) is 10.3 Å². The van der Waals surface area contributed by atoms with Gasteiger partial charge in [0.2, 0.25) is 11.8 Å². The van der Waals surface area contributed by atoms with Gasteiger partial charge in [-0.05, 0) is 41.5 Å². The molecular weight excluding hydrogens is 385 g/mol. The number of aromatic nitrogens is 1. The van der Waals surface area contributed by atoms with Crippen LogP contribution in [0, 0.1) is 5.82 Å². The van der Waals surface area contributed by atoms with Gasteiger partial charge >= 0.3 is 0 Å². The second-order valence-electron chi connectivity index (χ2n) is 7.05. The van der Waals surface area contributed by atoms with Crippen LogP contribution < -0.4 is 10.1 Å². The maximum absolute atomic E-state index is 13.8. The highest BCUT2D eigenvalue weighted by Gasteiger charge is 2.22. The number of carbonyl (C=O) groups is 2. The van der Waals surface area contributed by atoms with Crippen LogP contribution >= 0.6 is 0 Å². The van der Waals surface area contributed by atoms with Crippen molar-refractivity contribution in [2.75, 3.05) is 5.32 Å². The second kappa shape index (κ2) is 8.32. The number of benzene rings is 2. The number of fused-ring (bicyclic) bond motifs is 1. The van der Waals surface area contributed by atoms with Gasteiger partial charge in [0.25, 0.3) is 5.91 Å². The first-order chi connectivity index (χ1) is 14.5. The molecule has 2 aromatic carbocycles. The van der Waals surface area contributed by atoms with Crippen molar-refractivity contribution in [2.45, 2.75) is 26.6 Å². The molecule has 0 saturated carbocycles. The highest BCUT2D eigenvalue weighted by atomic mass is 19.1. The first kappa shape index (κ1) is 19.6. The first-order valence-corrected chi connectivity index (χ1v) is 9.51. The normalized spacial score (nSPS) is 12.4. The van der Waals surface area contributed by atoms with Crippen LogP contribution in [0.1, 0.15) is 34.0 Å². The fraction of sp³-hybridized carbons (Fsp3) is 0.174. The van der Waals surface area contributed by atoms with Gasteiger partial charge in [0.15, 0.2) is 0 Å². The standard InChI is InChI=1S/C23H20FN3O3/c1-15(28)27-12-16-8-9-19(11-18(16)13-27)26-22(29)20-6-4-10-25-23(20)30-14-17-5-2-3-7-21(17)24/h2-11H,12-14H2,1H3,(H,26,29). The van der Waals surface area contributed by atoms with Crippen molar-refractivity contribution < 1.29 is 18.7 Å². The molecule has 1 aliphatic rings.